The number of anilines is 2. The van der Waals surface area contributed by atoms with Crippen molar-refractivity contribution in [1.29, 1.82) is 0 Å². The van der Waals surface area contributed by atoms with Crippen LogP contribution in [-0.4, -0.2) is 51.9 Å². The quantitative estimate of drug-likeness (QED) is 0.197. The molecule has 0 saturated carbocycles. The fourth-order valence-electron chi connectivity index (χ4n) is 5.54. The van der Waals surface area contributed by atoms with Crippen molar-refractivity contribution in [3.8, 4) is 0 Å². The molecule has 1 fully saturated rings. The minimum Gasteiger partial charge on any atom is -0.348 e. The number of hydrogen-bond donors (Lipinski definition) is 2. The summed E-state index contributed by atoms with van der Waals surface area (Å²) >= 11 is 0. The van der Waals surface area contributed by atoms with Crippen LogP contribution in [-0.2, 0) is 0 Å². The van der Waals surface area contributed by atoms with E-state index in [-0.39, 0.29) is 23.4 Å². The Balaban J connectivity index is 1.20. The summed E-state index contributed by atoms with van der Waals surface area (Å²) in [7, 11) is 0. The number of amides is 1. The first-order valence-corrected chi connectivity index (χ1v) is 13.7. The first kappa shape index (κ1) is 26.9. The summed E-state index contributed by atoms with van der Waals surface area (Å²) in [5.41, 5.74) is 7.80. The maximum absolute atomic E-state index is 13.0. The van der Waals surface area contributed by atoms with Crippen LogP contribution >= 0.6 is 0 Å². The Labute approximate surface area is 242 Å². The van der Waals surface area contributed by atoms with Gasteiger partial charge < -0.3 is 4.90 Å². The average Bonchev–Trinajstić information content (AvgIpc) is 3.04. The first-order chi connectivity index (χ1) is 20.6. The molecule has 1 saturated heterocycles. The number of hydrazine groups is 1. The first-order valence-electron chi connectivity index (χ1n) is 13.7. The molecule has 1 aliphatic rings. The van der Waals surface area contributed by atoms with Gasteiger partial charge in [-0.3, -0.25) is 30.7 Å². The van der Waals surface area contributed by atoms with Crippen LogP contribution in [0.3, 0.4) is 0 Å². The molecule has 42 heavy (non-hydrogen) atoms. The van der Waals surface area contributed by atoms with E-state index in [2.05, 4.69) is 50.0 Å². The number of hydrogen-bond acceptors (Lipinski definition) is 8. The van der Waals surface area contributed by atoms with Gasteiger partial charge >= 0.3 is 5.69 Å². The van der Waals surface area contributed by atoms with E-state index < -0.39 is 10.8 Å². The Morgan fingerprint density at radius 3 is 2.07 bits per heavy atom. The lowest BCUT2D eigenvalue weighted by Gasteiger charge is -2.40. The Morgan fingerprint density at radius 1 is 0.786 bits per heavy atom. The number of nitrogens with zero attached hydrogens (tertiary/aromatic N) is 5. The number of carbonyl (C=O) groups excluding carboxylic acids is 1. The van der Waals surface area contributed by atoms with Crippen molar-refractivity contribution in [2.75, 3.05) is 36.5 Å². The second-order valence-electron chi connectivity index (χ2n) is 10.0. The molecule has 6 rings (SSSR count). The van der Waals surface area contributed by atoms with Gasteiger partial charge in [0.15, 0.2) is 0 Å². The van der Waals surface area contributed by atoms with E-state index in [0.29, 0.717) is 31.7 Å². The lowest BCUT2D eigenvalue weighted by Crippen LogP contribution is -2.48. The van der Waals surface area contributed by atoms with Crippen LogP contribution in [0.4, 0.5) is 17.3 Å². The van der Waals surface area contributed by atoms with Gasteiger partial charge in [0.2, 0.25) is 11.6 Å². The molecule has 4 aromatic carbocycles. The number of carbonyl (C=O) groups is 1. The van der Waals surface area contributed by atoms with Gasteiger partial charge in [0.1, 0.15) is 6.33 Å². The highest BCUT2D eigenvalue weighted by atomic mass is 16.6. The molecule has 10 heteroatoms. The Kier molecular flexibility index (Phi) is 7.69. The molecule has 0 unspecified atom stereocenters. The normalized spacial score (nSPS) is 13.7. The van der Waals surface area contributed by atoms with Crippen LogP contribution in [0.25, 0.3) is 10.8 Å². The second kappa shape index (κ2) is 12.0. The summed E-state index contributed by atoms with van der Waals surface area (Å²) in [6.07, 6.45) is 1.28. The minimum absolute atomic E-state index is 0.0662. The van der Waals surface area contributed by atoms with Gasteiger partial charge in [-0.05, 0) is 28.0 Å². The third-order valence-corrected chi connectivity index (χ3v) is 7.52. The van der Waals surface area contributed by atoms with Gasteiger partial charge in [-0.15, -0.1) is 0 Å². The second-order valence-corrected chi connectivity index (χ2v) is 10.0. The Morgan fingerprint density at radius 2 is 1.40 bits per heavy atom. The molecule has 10 nitrogen and oxygen atoms in total. The predicted molar refractivity (Wildman–Crippen MR) is 162 cm³/mol. The molecule has 0 aliphatic carbocycles. The number of rotatable bonds is 8. The lowest BCUT2D eigenvalue weighted by molar-refractivity contribution is -0.383. The van der Waals surface area contributed by atoms with Gasteiger partial charge in [0, 0.05) is 31.7 Å². The number of benzene rings is 4. The fourth-order valence-corrected chi connectivity index (χ4v) is 5.54. The van der Waals surface area contributed by atoms with E-state index in [9.17, 15) is 14.9 Å². The standard InChI is InChI=1S/C32H29N7O3/c40-32(27-17-9-15-23-10-7-8-16-26(23)27)36-35-30-29(39(41)42)31(34-22-33-30)38-20-18-37(19-21-38)28(24-11-3-1-4-12-24)25-13-5-2-6-14-25/h1-17,22,28H,18-21H2,(H,36,40)(H,33,34,35). The summed E-state index contributed by atoms with van der Waals surface area (Å²) in [5, 5.41) is 13.9. The average molecular weight is 560 g/mol. The highest BCUT2D eigenvalue weighted by Gasteiger charge is 2.32. The van der Waals surface area contributed by atoms with Crippen LogP contribution in [0.2, 0.25) is 0 Å². The largest absolute Gasteiger partial charge is 0.355 e. The SMILES string of the molecule is O=C(NNc1ncnc(N2CCN(C(c3ccccc3)c3ccccc3)CC2)c1[N+](=O)[O-])c1cccc2ccccc12. The zero-order valence-electron chi connectivity index (χ0n) is 22.8. The lowest BCUT2D eigenvalue weighted by atomic mass is 9.96. The van der Waals surface area contributed by atoms with E-state index in [0.717, 1.165) is 10.8 Å². The van der Waals surface area contributed by atoms with Gasteiger partial charge in [-0.1, -0.05) is 97.1 Å². The van der Waals surface area contributed by atoms with E-state index in [1.54, 1.807) is 12.1 Å². The van der Waals surface area contributed by atoms with Crippen molar-refractivity contribution in [3.63, 3.8) is 0 Å². The van der Waals surface area contributed by atoms with E-state index in [1.165, 1.54) is 17.5 Å². The summed E-state index contributed by atoms with van der Waals surface area (Å²) < 4.78 is 0. The number of nitrogens with one attached hydrogen (secondary N) is 2. The van der Waals surface area contributed by atoms with Crippen molar-refractivity contribution in [2.24, 2.45) is 0 Å². The van der Waals surface area contributed by atoms with Gasteiger partial charge in [0.05, 0.1) is 11.0 Å². The van der Waals surface area contributed by atoms with Gasteiger partial charge in [-0.2, -0.15) is 0 Å². The molecule has 0 bridgehead atoms. The number of piperazine rings is 1. The van der Waals surface area contributed by atoms with Crippen molar-refractivity contribution in [2.45, 2.75) is 6.04 Å². The maximum atomic E-state index is 13.0. The van der Waals surface area contributed by atoms with Crippen molar-refractivity contribution >= 4 is 34.0 Å². The molecule has 1 aromatic heterocycles. The molecular weight excluding hydrogens is 530 g/mol. The predicted octanol–water partition coefficient (Wildman–Crippen LogP) is 5.21. The Hall–Kier alpha value is -5.35. The topological polar surface area (TPSA) is 117 Å². The molecule has 2 heterocycles. The summed E-state index contributed by atoms with van der Waals surface area (Å²) in [4.78, 5) is 37.5. The molecule has 0 radical (unpaired) electrons. The van der Waals surface area contributed by atoms with Crippen molar-refractivity contribution < 1.29 is 9.72 Å². The summed E-state index contributed by atoms with van der Waals surface area (Å²) in [5.74, 6) is -0.289. The van der Waals surface area contributed by atoms with E-state index >= 15 is 0 Å². The van der Waals surface area contributed by atoms with E-state index in [1.807, 2.05) is 71.6 Å². The zero-order valence-corrected chi connectivity index (χ0v) is 22.8. The van der Waals surface area contributed by atoms with Crippen molar-refractivity contribution in [3.05, 3.63) is 136 Å². The molecule has 1 aliphatic heterocycles. The van der Waals surface area contributed by atoms with Crippen LogP contribution < -0.4 is 15.8 Å². The van der Waals surface area contributed by atoms with Crippen LogP contribution in [0, 0.1) is 10.1 Å². The third-order valence-electron chi connectivity index (χ3n) is 7.52. The van der Waals surface area contributed by atoms with Gasteiger partial charge in [-0.25, -0.2) is 9.97 Å². The minimum atomic E-state index is -0.509. The smallest absolute Gasteiger partial charge is 0.348 e. The molecule has 0 atom stereocenters. The summed E-state index contributed by atoms with van der Waals surface area (Å²) in [6.45, 7) is 2.43. The van der Waals surface area contributed by atoms with Gasteiger partial charge in [0.25, 0.3) is 5.91 Å². The summed E-state index contributed by atoms with van der Waals surface area (Å²) in [6, 6.07) is 33.7. The zero-order chi connectivity index (χ0) is 28.9. The number of aromatic nitrogens is 2. The molecule has 210 valence electrons. The molecule has 5 aromatic rings. The highest BCUT2D eigenvalue weighted by Crippen LogP contribution is 2.34. The third kappa shape index (κ3) is 5.48. The molecule has 0 spiro atoms. The number of fused-ring (bicyclic) bond motifs is 1. The molecule has 2 N–H and O–H groups in total. The monoisotopic (exact) mass is 559 g/mol. The van der Waals surface area contributed by atoms with Crippen LogP contribution in [0.1, 0.15) is 27.5 Å². The fraction of sp³-hybridized carbons (Fsp3) is 0.156. The Bertz CT molecular complexity index is 1660. The van der Waals surface area contributed by atoms with E-state index in [4.69, 9.17) is 0 Å². The number of nitro groups is 1. The molecule has 1 amide bonds. The van der Waals surface area contributed by atoms with Crippen molar-refractivity contribution in [1.82, 2.24) is 20.3 Å². The highest BCUT2D eigenvalue weighted by molar-refractivity contribution is 6.07. The maximum Gasteiger partial charge on any atom is 0.355 e. The molecular formula is C32H29N7O3. The van der Waals surface area contributed by atoms with Crippen LogP contribution in [0.5, 0.6) is 0 Å². The van der Waals surface area contributed by atoms with Crippen LogP contribution in [0.15, 0.2) is 109 Å².